The SMILES string of the molecule is CCCCCCCCN(CCCCCCCC=O)c1c(NCCCCN(C)C)c(=O)c1=O. The molecule has 184 valence electrons. The highest BCUT2D eigenvalue weighted by molar-refractivity contribution is 5.75. The van der Waals surface area contributed by atoms with Crippen molar-refractivity contribution >= 4 is 17.7 Å². The minimum atomic E-state index is -0.352. The highest BCUT2D eigenvalue weighted by Gasteiger charge is 2.25. The highest BCUT2D eigenvalue weighted by Crippen LogP contribution is 2.22. The first-order chi connectivity index (χ1) is 15.5. The second kappa shape index (κ2) is 17.8. The van der Waals surface area contributed by atoms with Crippen LogP contribution in [0.4, 0.5) is 11.4 Å². The molecular weight excluding hydrogens is 402 g/mol. The minimum Gasteiger partial charge on any atom is -0.380 e. The van der Waals surface area contributed by atoms with E-state index in [2.05, 4.69) is 36.1 Å². The maximum atomic E-state index is 12.4. The number of hydrogen-bond acceptors (Lipinski definition) is 6. The van der Waals surface area contributed by atoms with Gasteiger partial charge in [0, 0.05) is 26.1 Å². The molecule has 0 radical (unpaired) electrons. The molecule has 0 aliphatic heterocycles. The molecule has 0 fully saturated rings. The van der Waals surface area contributed by atoms with Gasteiger partial charge in [-0.1, -0.05) is 58.3 Å². The second-order valence-electron chi connectivity index (χ2n) is 9.30. The van der Waals surface area contributed by atoms with E-state index in [0.717, 1.165) is 83.8 Å². The molecule has 0 spiro atoms. The van der Waals surface area contributed by atoms with Crippen molar-refractivity contribution in [2.45, 2.75) is 96.8 Å². The Balaban J connectivity index is 2.59. The Hall–Kier alpha value is -1.69. The van der Waals surface area contributed by atoms with Crippen molar-refractivity contribution in [3.8, 4) is 0 Å². The lowest BCUT2D eigenvalue weighted by Crippen LogP contribution is -2.43. The number of anilines is 2. The lowest BCUT2D eigenvalue weighted by molar-refractivity contribution is -0.107. The van der Waals surface area contributed by atoms with E-state index in [1.54, 1.807) is 0 Å². The molecule has 0 heterocycles. The standard InChI is InChI=1S/C26H47N3O3/c1-4-5-6-7-10-14-20-29(21-15-11-8-9-12-17-22-30)24-23(25(31)26(24)32)27-18-13-16-19-28(2)3/h22,27H,4-21H2,1-3H3. The van der Waals surface area contributed by atoms with Gasteiger partial charge in [-0.3, -0.25) is 9.59 Å². The van der Waals surface area contributed by atoms with Crippen LogP contribution in [0.3, 0.4) is 0 Å². The average Bonchev–Trinajstić information content (AvgIpc) is 2.78. The zero-order valence-corrected chi connectivity index (χ0v) is 20.9. The average molecular weight is 450 g/mol. The van der Waals surface area contributed by atoms with Crippen LogP contribution < -0.4 is 21.1 Å². The van der Waals surface area contributed by atoms with Crippen molar-refractivity contribution in [2.24, 2.45) is 0 Å². The molecule has 0 amide bonds. The molecule has 1 aromatic rings. The van der Waals surface area contributed by atoms with Crippen LogP contribution in [0.2, 0.25) is 0 Å². The molecule has 1 N–H and O–H groups in total. The first-order valence-electron chi connectivity index (χ1n) is 12.9. The van der Waals surface area contributed by atoms with Gasteiger partial charge in [-0.25, -0.2) is 0 Å². The molecule has 0 aromatic heterocycles. The molecule has 32 heavy (non-hydrogen) atoms. The lowest BCUT2D eigenvalue weighted by atomic mass is 10.1. The van der Waals surface area contributed by atoms with Crippen molar-refractivity contribution in [2.75, 3.05) is 50.5 Å². The van der Waals surface area contributed by atoms with Crippen molar-refractivity contribution < 1.29 is 4.79 Å². The number of carbonyl (C=O) groups is 1. The van der Waals surface area contributed by atoms with E-state index < -0.39 is 0 Å². The molecule has 0 saturated heterocycles. The van der Waals surface area contributed by atoms with Crippen LogP contribution in [-0.2, 0) is 4.79 Å². The molecule has 1 aromatic carbocycles. The summed E-state index contributed by atoms with van der Waals surface area (Å²) >= 11 is 0. The summed E-state index contributed by atoms with van der Waals surface area (Å²) in [4.78, 5) is 39.4. The Morgan fingerprint density at radius 3 is 1.88 bits per heavy atom. The van der Waals surface area contributed by atoms with E-state index in [9.17, 15) is 14.4 Å². The fourth-order valence-corrected chi connectivity index (χ4v) is 4.09. The summed E-state index contributed by atoms with van der Waals surface area (Å²) in [5.74, 6) is 0. The molecule has 6 nitrogen and oxygen atoms in total. The van der Waals surface area contributed by atoms with Gasteiger partial charge in [0.2, 0.25) is 0 Å². The number of unbranched alkanes of at least 4 members (excludes halogenated alkanes) is 11. The quantitative estimate of drug-likeness (QED) is 0.157. The molecular formula is C26H47N3O3. The fraction of sp³-hybridized carbons (Fsp3) is 0.808. The van der Waals surface area contributed by atoms with Crippen molar-refractivity contribution in [1.29, 1.82) is 0 Å². The van der Waals surface area contributed by atoms with E-state index in [1.165, 1.54) is 32.1 Å². The molecule has 6 heteroatoms. The molecule has 0 saturated carbocycles. The van der Waals surface area contributed by atoms with Gasteiger partial charge < -0.3 is 19.9 Å². The van der Waals surface area contributed by atoms with Crippen LogP contribution in [0.15, 0.2) is 9.59 Å². The molecule has 0 unspecified atom stereocenters. The summed E-state index contributed by atoms with van der Waals surface area (Å²) in [6.07, 6.45) is 16.2. The summed E-state index contributed by atoms with van der Waals surface area (Å²) in [6, 6.07) is 0. The number of nitrogens with zero attached hydrogens (tertiary/aromatic N) is 2. The maximum absolute atomic E-state index is 12.4. The van der Waals surface area contributed by atoms with Gasteiger partial charge in [0.15, 0.2) is 0 Å². The molecule has 0 bridgehead atoms. The van der Waals surface area contributed by atoms with Gasteiger partial charge in [0.05, 0.1) is 0 Å². The van der Waals surface area contributed by atoms with Crippen molar-refractivity contribution in [3.05, 3.63) is 20.4 Å². The Morgan fingerprint density at radius 1 is 0.719 bits per heavy atom. The van der Waals surface area contributed by atoms with E-state index in [4.69, 9.17) is 0 Å². The van der Waals surface area contributed by atoms with Crippen LogP contribution in [0.5, 0.6) is 0 Å². The van der Waals surface area contributed by atoms with Crippen molar-refractivity contribution in [1.82, 2.24) is 4.90 Å². The van der Waals surface area contributed by atoms with Crippen LogP contribution >= 0.6 is 0 Å². The number of carbonyl (C=O) groups excluding carboxylic acids is 1. The summed E-state index contributed by atoms with van der Waals surface area (Å²) in [6.45, 7) is 5.65. The van der Waals surface area contributed by atoms with Gasteiger partial charge in [0.1, 0.15) is 17.7 Å². The van der Waals surface area contributed by atoms with Gasteiger partial charge in [0.25, 0.3) is 10.9 Å². The highest BCUT2D eigenvalue weighted by atomic mass is 16.2. The van der Waals surface area contributed by atoms with Crippen LogP contribution in [0.25, 0.3) is 0 Å². The van der Waals surface area contributed by atoms with Gasteiger partial charge in [-0.05, 0) is 52.7 Å². The Morgan fingerprint density at radius 2 is 1.28 bits per heavy atom. The van der Waals surface area contributed by atoms with Gasteiger partial charge in [-0.2, -0.15) is 0 Å². The monoisotopic (exact) mass is 449 g/mol. The molecule has 0 atom stereocenters. The van der Waals surface area contributed by atoms with E-state index >= 15 is 0 Å². The lowest BCUT2D eigenvalue weighted by Gasteiger charge is -2.28. The van der Waals surface area contributed by atoms with Crippen molar-refractivity contribution in [3.63, 3.8) is 0 Å². The molecule has 0 aliphatic carbocycles. The first-order valence-corrected chi connectivity index (χ1v) is 12.9. The fourth-order valence-electron chi connectivity index (χ4n) is 4.09. The molecule has 1 rings (SSSR count). The summed E-state index contributed by atoms with van der Waals surface area (Å²) in [7, 11) is 4.12. The molecule has 0 aliphatic rings. The summed E-state index contributed by atoms with van der Waals surface area (Å²) in [5, 5.41) is 3.26. The number of nitrogens with one attached hydrogen (secondary N) is 1. The zero-order valence-electron chi connectivity index (χ0n) is 20.9. The van der Waals surface area contributed by atoms with Gasteiger partial charge in [-0.15, -0.1) is 0 Å². The van der Waals surface area contributed by atoms with E-state index in [0.29, 0.717) is 17.8 Å². The first kappa shape index (κ1) is 28.3. The predicted octanol–water partition coefficient (Wildman–Crippen LogP) is 4.74. The number of aldehydes is 1. The largest absolute Gasteiger partial charge is 0.380 e. The minimum absolute atomic E-state index is 0.322. The maximum Gasteiger partial charge on any atom is 0.253 e. The Kier molecular flexibility index (Phi) is 15.8. The number of rotatable bonds is 22. The predicted molar refractivity (Wildman–Crippen MR) is 137 cm³/mol. The Labute approximate surface area is 195 Å². The normalized spacial score (nSPS) is 11.4. The zero-order chi connectivity index (χ0) is 23.6. The summed E-state index contributed by atoms with van der Waals surface area (Å²) in [5.41, 5.74) is 0.487. The topological polar surface area (TPSA) is 69.7 Å². The van der Waals surface area contributed by atoms with Gasteiger partial charge >= 0.3 is 0 Å². The third-order valence-corrected chi connectivity index (χ3v) is 6.07. The van der Waals surface area contributed by atoms with Crippen LogP contribution in [0, 0.1) is 0 Å². The summed E-state index contributed by atoms with van der Waals surface area (Å²) < 4.78 is 0. The van der Waals surface area contributed by atoms with E-state index in [1.807, 2.05) is 0 Å². The third kappa shape index (κ3) is 11.3. The Bertz CT molecular complexity index is 680. The number of hydrogen-bond donors (Lipinski definition) is 1. The van der Waals surface area contributed by atoms with Crippen LogP contribution in [0.1, 0.15) is 96.8 Å². The second-order valence-corrected chi connectivity index (χ2v) is 9.30. The van der Waals surface area contributed by atoms with Crippen LogP contribution in [-0.4, -0.2) is 51.5 Å². The van der Waals surface area contributed by atoms with E-state index in [-0.39, 0.29) is 10.9 Å². The smallest absolute Gasteiger partial charge is 0.253 e. The third-order valence-electron chi connectivity index (χ3n) is 6.07.